The number of halogens is 1. The fourth-order valence-electron chi connectivity index (χ4n) is 1.73. The third kappa shape index (κ3) is 1.68. The van der Waals surface area contributed by atoms with Gasteiger partial charge in [0.05, 0.1) is 19.7 Å². The number of thiophene rings is 2. The maximum absolute atomic E-state index is 6.30. The summed E-state index contributed by atoms with van der Waals surface area (Å²) in [6.07, 6.45) is 0. The molecule has 3 heterocycles. The van der Waals surface area contributed by atoms with Crippen LogP contribution in [0.2, 0.25) is 5.02 Å². The maximum atomic E-state index is 6.30. The van der Waals surface area contributed by atoms with Crippen LogP contribution < -0.4 is 0 Å². The molecule has 0 aromatic carbocycles. The summed E-state index contributed by atoms with van der Waals surface area (Å²) < 4.78 is 4.17. The predicted molar refractivity (Wildman–Crippen MR) is 77.2 cm³/mol. The Morgan fingerprint density at radius 2 is 1.71 bits per heavy atom. The molecule has 1 aliphatic rings. The first kappa shape index (κ1) is 11.7. The predicted octanol–water partition coefficient (Wildman–Crippen LogP) is 6.16. The summed E-state index contributed by atoms with van der Waals surface area (Å²) in [5.41, 5.74) is 2.24. The number of rotatable bonds is 0. The van der Waals surface area contributed by atoms with Crippen molar-refractivity contribution in [3.63, 3.8) is 0 Å². The van der Waals surface area contributed by atoms with Gasteiger partial charge < -0.3 is 0 Å². The van der Waals surface area contributed by atoms with E-state index < -0.39 is 0 Å². The van der Waals surface area contributed by atoms with Gasteiger partial charge in [-0.15, -0.1) is 32.3 Å². The molecular weight excluding hydrogens is 292 g/mol. The monoisotopic (exact) mass is 300 g/mol. The van der Waals surface area contributed by atoms with Gasteiger partial charge in [0.15, 0.2) is 0 Å². The minimum atomic E-state index is 0.825. The molecule has 0 aliphatic carbocycles. The molecule has 2 nitrogen and oxygen atoms in total. The Bertz CT molecular complexity index is 640. The summed E-state index contributed by atoms with van der Waals surface area (Å²) in [4.78, 5) is 5.94. The number of hydrogen-bond acceptors (Lipinski definition) is 5. The van der Waals surface area contributed by atoms with Gasteiger partial charge in [0.1, 0.15) is 5.69 Å². The molecule has 0 radical (unpaired) electrons. The van der Waals surface area contributed by atoms with E-state index in [2.05, 4.69) is 23.5 Å². The second-order valence-electron chi connectivity index (χ2n) is 3.86. The van der Waals surface area contributed by atoms with Gasteiger partial charge in [-0.2, -0.15) is 0 Å². The lowest BCUT2D eigenvalue weighted by molar-refractivity contribution is 1.30. The van der Waals surface area contributed by atoms with E-state index in [9.17, 15) is 0 Å². The molecule has 3 rings (SSSR count). The third-order valence-corrected chi connectivity index (χ3v) is 6.85. The second kappa shape index (κ2) is 4.09. The molecule has 0 unspecified atom stereocenters. The molecule has 0 amide bonds. The van der Waals surface area contributed by atoms with Crippen molar-refractivity contribution < 1.29 is 0 Å². The van der Waals surface area contributed by atoms with Crippen molar-refractivity contribution in [3.05, 3.63) is 20.3 Å². The van der Waals surface area contributed by atoms with Gasteiger partial charge in [-0.1, -0.05) is 11.6 Å². The fraction of sp³-hybridized carbons (Fsp3) is 0.273. The van der Waals surface area contributed by atoms with Crippen LogP contribution in [0, 0.1) is 20.8 Å². The molecule has 0 atom stereocenters. The molecule has 0 N–H and O–H groups in total. The third-order valence-electron chi connectivity index (χ3n) is 2.80. The van der Waals surface area contributed by atoms with E-state index in [4.69, 9.17) is 11.6 Å². The molecule has 6 heteroatoms. The highest BCUT2D eigenvalue weighted by Crippen LogP contribution is 2.54. The van der Waals surface area contributed by atoms with Crippen molar-refractivity contribution in [1.29, 1.82) is 0 Å². The normalized spacial score (nSPS) is 13.4. The van der Waals surface area contributed by atoms with Gasteiger partial charge in [0.2, 0.25) is 0 Å². The summed E-state index contributed by atoms with van der Waals surface area (Å²) >= 11 is 11.2. The molecular formula is C11H9ClN2S3. The van der Waals surface area contributed by atoms with E-state index in [0.29, 0.717) is 0 Å². The van der Waals surface area contributed by atoms with Crippen LogP contribution in [0.1, 0.15) is 15.3 Å². The quantitative estimate of drug-likeness (QED) is 0.535. The number of fused-ring (bicyclic) bond motifs is 3. The van der Waals surface area contributed by atoms with E-state index in [0.717, 1.165) is 20.5 Å². The van der Waals surface area contributed by atoms with Crippen LogP contribution in [-0.4, -0.2) is 0 Å². The van der Waals surface area contributed by atoms with E-state index in [-0.39, 0.29) is 0 Å². The molecule has 2 aromatic heterocycles. The topological polar surface area (TPSA) is 24.7 Å². The number of hydrogen-bond donors (Lipinski definition) is 0. The van der Waals surface area contributed by atoms with Crippen LogP contribution in [-0.2, 0) is 0 Å². The van der Waals surface area contributed by atoms with Crippen LogP contribution >= 0.6 is 46.2 Å². The highest BCUT2D eigenvalue weighted by Gasteiger charge is 2.24. The SMILES string of the molecule is Cc1sc2c(c1C)N=NSc1c-2sc(C)c1Cl. The highest BCUT2D eigenvalue weighted by atomic mass is 35.5. The summed E-state index contributed by atoms with van der Waals surface area (Å²) in [5, 5.41) is 5.14. The van der Waals surface area contributed by atoms with E-state index in [1.165, 1.54) is 32.1 Å². The van der Waals surface area contributed by atoms with E-state index >= 15 is 0 Å². The average molecular weight is 301 g/mol. The molecule has 88 valence electrons. The molecule has 1 aliphatic heterocycles. The second-order valence-corrected chi connectivity index (χ2v) is 7.45. The number of nitrogens with zero attached hydrogens (tertiary/aromatic N) is 2. The Labute approximate surface area is 117 Å². The van der Waals surface area contributed by atoms with Crippen molar-refractivity contribution in [3.8, 4) is 9.75 Å². The molecule has 2 aromatic rings. The molecule has 0 saturated carbocycles. The Balaban J connectivity index is 2.36. The minimum Gasteiger partial charge on any atom is -0.142 e. The molecule has 0 bridgehead atoms. The first-order chi connectivity index (χ1) is 8.09. The van der Waals surface area contributed by atoms with Crippen LogP contribution in [0.3, 0.4) is 0 Å². The Kier molecular flexibility index (Phi) is 2.82. The van der Waals surface area contributed by atoms with Crippen LogP contribution in [0.25, 0.3) is 9.75 Å². The van der Waals surface area contributed by atoms with Crippen molar-refractivity contribution in [1.82, 2.24) is 0 Å². The van der Waals surface area contributed by atoms with Crippen LogP contribution in [0.15, 0.2) is 14.5 Å². The maximum Gasteiger partial charge on any atom is 0.109 e. The van der Waals surface area contributed by atoms with Gasteiger partial charge in [0, 0.05) is 21.7 Å². The minimum absolute atomic E-state index is 0.825. The average Bonchev–Trinajstić information content (AvgIpc) is 2.66. The van der Waals surface area contributed by atoms with Crippen molar-refractivity contribution in [2.24, 2.45) is 9.63 Å². The van der Waals surface area contributed by atoms with E-state index in [1.54, 1.807) is 22.7 Å². The van der Waals surface area contributed by atoms with Crippen molar-refractivity contribution >= 4 is 51.9 Å². The fourth-order valence-corrected chi connectivity index (χ4v) is 5.26. The Morgan fingerprint density at radius 1 is 1.00 bits per heavy atom. The number of aryl methyl sites for hydroxylation is 2. The molecule has 0 saturated heterocycles. The summed E-state index contributed by atoms with van der Waals surface area (Å²) in [5.74, 6) is 0. The molecule has 0 spiro atoms. The van der Waals surface area contributed by atoms with Crippen molar-refractivity contribution in [2.45, 2.75) is 25.7 Å². The highest BCUT2D eigenvalue weighted by molar-refractivity contribution is 7.98. The van der Waals surface area contributed by atoms with Crippen LogP contribution in [0.5, 0.6) is 0 Å². The summed E-state index contributed by atoms with van der Waals surface area (Å²) in [6, 6.07) is 0. The summed E-state index contributed by atoms with van der Waals surface area (Å²) in [6.45, 7) is 6.27. The smallest absolute Gasteiger partial charge is 0.109 e. The summed E-state index contributed by atoms with van der Waals surface area (Å²) in [7, 11) is 0. The van der Waals surface area contributed by atoms with Gasteiger partial charge in [-0.3, -0.25) is 0 Å². The first-order valence-corrected chi connectivity index (χ1v) is 7.85. The molecule has 17 heavy (non-hydrogen) atoms. The zero-order valence-corrected chi connectivity index (χ0v) is 12.7. The lowest BCUT2D eigenvalue weighted by Crippen LogP contribution is -1.69. The van der Waals surface area contributed by atoms with Gasteiger partial charge in [0.25, 0.3) is 0 Å². The zero-order valence-electron chi connectivity index (χ0n) is 9.50. The Morgan fingerprint density at radius 3 is 2.47 bits per heavy atom. The van der Waals surface area contributed by atoms with E-state index in [1.807, 2.05) is 6.92 Å². The lowest BCUT2D eigenvalue weighted by Gasteiger charge is -1.94. The lowest BCUT2D eigenvalue weighted by atomic mass is 10.2. The van der Waals surface area contributed by atoms with Gasteiger partial charge in [-0.25, -0.2) is 0 Å². The van der Waals surface area contributed by atoms with Gasteiger partial charge >= 0.3 is 0 Å². The zero-order chi connectivity index (χ0) is 12.2. The standard InChI is InChI=1S/C11H9ClN2S3/c1-4-5(2)15-10-8(4)13-14-17-9-7(12)6(3)16-11(9)10/h1-3H3. The van der Waals surface area contributed by atoms with Gasteiger partial charge in [-0.05, 0) is 26.3 Å². The van der Waals surface area contributed by atoms with Crippen LogP contribution in [0.4, 0.5) is 5.69 Å². The Hall–Kier alpha value is -0.360. The van der Waals surface area contributed by atoms with Crippen molar-refractivity contribution in [2.75, 3.05) is 0 Å². The first-order valence-electron chi connectivity index (χ1n) is 5.07. The largest absolute Gasteiger partial charge is 0.142 e. The molecule has 0 fully saturated rings.